The predicted molar refractivity (Wildman–Crippen MR) is 86.7 cm³/mol. The number of nitrogens with zero attached hydrogens (tertiary/aromatic N) is 5. The van der Waals surface area contributed by atoms with Gasteiger partial charge in [0.1, 0.15) is 0 Å². The molecular formula is C16H22N6O2. The number of carbonyl (C=O) groups excluding carboxylic acids is 2. The Morgan fingerprint density at radius 1 is 1.08 bits per heavy atom. The standard InChI is InChI=1S/C16H22N6O2/c23-15-14(3-5-20(15)11-1-2-11)19-8-13(9-19)22-10-12(7-18-22)21-6-4-17-16(21)24/h7,10-11,13-14H,1-6,8-9H2,(H,17,24). The van der Waals surface area contributed by atoms with Crippen molar-refractivity contribution in [1.29, 1.82) is 0 Å². The summed E-state index contributed by atoms with van der Waals surface area (Å²) >= 11 is 0. The van der Waals surface area contributed by atoms with E-state index in [0.717, 1.165) is 31.7 Å². The first-order valence-electron chi connectivity index (χ1n) is 8.85. The van der Waals surface area contributed by atoms with Crippen molar-refractivity contribution in [3.63, 3.8) is 0 Å². The number of amides is 3. The van der Waals surface area contributed by atoms with Gasteiger partial charge >= 0.3 is 6.03 Å². The molecule has 0 spiro atoms. The van der Waals surface area contributed by atoms with Crippen molar-refractivity contribution in [3.05, 3.63) is 12.4 Å². The number of hydrogen-bond acceptors (Lipinski definition) is 4. The minimum atomic E-state index is -0.0542. The number of rotatable bonds is 4. The van der Waals surface area contributed by atoms with Crippen LogP contribution in [0, 0.1) is 0 Å². The van der Waals surface area contributed by atoms with Crippen molar-refractivity contribution in [2.75, 3.05) is 37.6 Å². The van der Waals surface area contributed by atoms with E-state index < -0.39 is 0 Å². The van der Waals surface area contributed by atoms with Gasteiger partial charge in [-0.3, -0.25) is 19.3 Å². The molecule has 0 bridgehead atoms. The van der Waals surface area contributed by atoms with Gasteiger partial charge in [-0.05, 0) is 19.3 Å². The highest BCUT2D eigenvalue weighted by atomic mass is 16.2. The smallest absolute Gasteiger partial charge is 0.322 e. The molecule has 1 aromatic rings. The molecule has 5 rings (SSSR count). The Labute approximate surface area is 140 Å². The van der Waals surface area contributed by atoms with Crippen molar-refractivity contribution in [2.45, 2.75) is 37.4 Å². The third-order valence-corrected chi connectivity index (χ3v) is 5.66. The summed E-state index contributed by atoms with van der Waals surface area (Å²) in [7, 11) is 0. The largest absolute Gasteiger partial charge is 0.338 e. The molecule has 4 fully saturated rings. The van der Waals surface area contributed by atoms with Gasteiger partial charge in [-0.25, -0.2) is 4.79 Å². The second-order valence-corrected chi connectivity index (χ2v) is 7.24. The maximum absolute atomic E-state index is 12.5. The molecule has 1 unspecified atom stereocenters. The molecule has 1 aromatic heterocycles. The van der Waals surface area contributed by atoms with Gasteiger partial charge < -0.3 is 10.2 Å². The Hall–Kier alpha value is -2.09. The van der Waals surface area contributed by atoms with E-state index in [2.05, 4.69) is 20.2 Å². The average Bonchev–Trinajstić information content (AvgIpc) is 2.91. The van der Waals surface area contributed by atoms with Crippen LogP contribution in [0.2, 0.25) is 0 Å². The Balaban J connectivity index is 1.20. The SMILES string of the molecule is O=C1NCCN1c1cnn(C2CN(C3CCN(C4CC4)C3=O)C2)c1. The normalized spacial score (nSPS) is 28.6. The quantitative estimate of drug-likeness (QED) is 0.845. The molecule has 1 saturated carbocycles. The fraction of sp³-hybridized carbons (Fsp3) is 0.688. The number of aromatic nitrogens is 2. The van der Waals surface area contributed by atoms with Crippen molar-refractivity contribution in [2.24, 2.45) is 0 Å². The topological polar surface area (TPSA) is 73.7 Å². The van der Waals surface area contributed by atoms with E-state index in [-0.39, 0.29) is 12.1 Å². The van der Waals surface area contributed by atoms with Crippen LogP contribution >= 0.6 is 0 Å². The molecule has 8 nitrogen and oxygen atoms in total. The molecule has 0 aromatic carbocycles. The maximum Gasteiger partial charge on any atom is 0.322 e. The van der Waals surface area contributed by atoms with Crippen LogP contribution in [-0.2, 0) is 4.79 Å². The van der Waals surface area contributed by atoms with E-state index in [0.29, 0.717) is 31.1 Å². The third kappa shape index (κ3) is 2.20. The molecule has 1 atom stereocenters. The third-order valence-electron chi connectivity index (χ3n) is 5.66. The zero-order chi connectivity index (χ0) is 16.3. The minimum Gasteiger partial charge on any atom is -0.338 e. The second-order valence-electron chi connectivity index (χ2n) is 7.24. The van der Waals surface area contributed by atoms with Crippen LogP contribution in [0.25, 0.3) is 0 Å². The van der Waals surface area contributed by atoms with E-state index >= 15 is 0 Å². The van der Waals surface area contributed by atoms with E-state index in [4.69, 9.17) is 0 Å². The van der Waals surface area contributed by atoms with Gasteiger partial charge in [-0.2, -0.15) is 5.10 Å². The van der Waals surface area contributed by atoms with Gasteiger partial charge in [0.25, 0.3) is 0 Å². The highest BCUT2D eigenvalue weighted by Gasteiger charge is 2.46. The van der Waals surface area contributed by atoms with Crippen LogP contribution in [0.1, 0.15) is 25.3 Å². The summed E-state index contributed by atoms with van der Waals surface area (Å²) in [4.78, 5) is 30.3. The lowest BCUT2D eigenvalue weighted by atomic mass is 10.0. The van der Waals surface area contributed by atoms with Crippen LogP contribution in [0.5, 0.6) is 0 Å². The summed E-state index contributed by atoms with van der Waals surface area (Å²) in [5.41, 5.74) is 0.848. The van der Waals surface area contributed by atoms with Crippen LogP contribution in [0.15, 0.2) is 12.4 Å². The summed E-state index contributed by atoms with van der Waals surface area (Å²) in [6.45, 7) is 4.02. The van der Waals surface area contributed by atoms with E-state index in [1.165, 1.54) is 12.8 Å². The zero-order valence-electron chi connectivity index (χ0n) is 13.6. The molecule has 0 radical (unpaired) electrons. The number of carbonyl (C=O) groups is 2. The van der Waals surface area contributed by atoms with Gasteiger partial charge in [0, 0.05) is 45.0 Å². The first-order valence-corrected chi connectivity index (χ1v) is 8.85. The lowest BCUT2D eigenvalue weighted by Crippen LogP contribution is -2.55. The van der Waals surface area contributed by atoms with Crippen molar-refractivity contribution in [1.82, 2.24) is 24.9 Å². The van der Waals surface area contributed by atoms with Crippen LogP contribution in [0.4, 0.5) is 10.5 Å². The van der Waals surface area contributed by atoms with Gasteiger partial charge in [0.05, 0.1) is 24.0 Å². The van der Waals surface area contributed by atoms with E-state index in [9.17, 15) is 9.59 Å². The highest BCUT2D eigenvalue weighted by Crippen LogP contribution is 2.34. The first-order chi connectivity index (χ1) is 11.7. The molecule has 8 heteroatoms. The molecule has 3 amide bonds. The lowest BCUT2D eigenvalue weighted by Gasteiger charge is -2.42. The van der Waals surface area contributed by atoms with Crippen LogP contribution < -0.4 is 10.2 Å². The Kier molecular flexibility index (Phi) is 3.09. The molecular weight excluding hydrogens is 308 g/mol. The number of hydrogen-bond donors (Lipinski definition) is 1. The summed E-state index contributed by atoms with van der Waals surface area (Å²) in [6, 6.07) is 0.842. The number of nitrogens with one attached hydrogen (secondary N) is 1. The molecule has 3 aliphatic heterocycles. The Morgan fingerprint density at radius 2 is 1.92 bits per heavy atom. The monoisotopic (exact) mass is 330 g/mol. The molecule has 3 saturated heterocycles. The Morgan fingerprint density at radius 3 is 2.62 bits per heavy atom. The minimum absolute atomic E-state index is 0.0542. The second kappa shape index (κ2) is 5.20. The molecule has 1 aliphatic carbocycles. The fourth-order valence-corrected chi connectivity index (χ4v) is 4.07. The van der Waals surface area contributed by atoms with Crippen LogP contribution in [-0.4, -0.2) is 76.3 Å². The number of anilines is 1. The number of likely N-dealkylation sites (tertiary alicyclic amines) is 2. The van der Waals surface area contributed by atoms with Crippen LogP contribution in [0.3, 0.4) is 0 Å². The van der Waals surface area contributed by atoms with Crippen molar-refractivity contribution >= 4 is 17.6 Å². The maximum atomic E-state index is 12.5. The van der Waals surface area contributed by atoms with Gasteiger partial charge in [0.15, 0.2) is 0 Å². The predicted octanol–water partition coefficient (Wildman–Crippen LogP) is 0.0327. The molecule has 24 heavy (non-hydrogen) atoms. The summed E-state index contributed by atoms with van der Waals surface area (Å²) in [5, 5.41) is 7.22. The van der Waals surface area contributed by atoms with Crippen molar-refractivity contribution in [3.8, 4) is 0 Å². The van der Waals surface area contributed by atoms with Gasteiger partial charge in [-0.1, -0.05) is 0 Å². The fourth-order valence-electron chi connectivity index (χ4n) is 4.07. The van der Waals surface area contributed by atoms with E-state index in [1.807, 2.05) is 10.9 Å². The summed E-state index contributed by atoms with van der Waals surface area (Å²) < 4.78 is 1.94. The first kappa shape index (κ1) is 14.3. The molecule has 4 heterocycles. The highest BCUT2D eigenvalue weighted by molar-refractivity contribution is 5.93. The zero-order valence-corrected chi connectivity index (χ0v) is 13.6. The van der Waals surface area contributed by atoms with Crippen molar-refractivity contribution < 1.29 is 9.59 Å². The van der Waals surface area contributed by atoms with Gasteiger partial charge in [0.2, 0.25) is 5.91 Å². The molecule has 1 N–H and O–H groups in total. The van der Waals surface area contributed by atoms with Gasteiger partial charge in [-0.15, -0.1) is 0 Å². The Bertz CT molecular complexity index is 678. The van der Waals surface area contributed by atoms with E-state index in [1.54, 1.807) is 11.1 Å². The summed E-state index contributed by atoms with van der Waals surface area (Å²) in [5.74, 6) is 0.325. The molecule has 128 valence electrons. The lowest BCUT2D eigenvalue weighted by molar-refractivity contribution is -0.134. The summed E-state index contributed by atoms with van der Waals surface area (Å²) in [6.07, 6.45) is 7.02. The number of urea groups is 1. The average molecular weight is 330 g/mol. The molecule has 4 aliphatic rings.